The Labute approximate surface area is 290 Å². The number of nitrogens with one attached hydrogen (secondary N) is 1. The number of carbonyl (C=O) groups is 5. The number of carbonyl (C=O) groups excluding carboxylic acids is 5. The van der Waals surface area contributed by atoms with E-state index in [1.54, 1.807) is 39.8 Å². The van der Waals surface area contributed by atoms with Gasteiger partial charge in [-0.25, -0.2) is 0 Å². The lowest BCUT2D eigenvalue weighted by Gasteiger charge is -2.38. The third kappa shape index (κ3) is 7.03. The molecule has 0 unspecified atom stereocenters. The van der Waals surface area contributed by atoms with Gasteiger partial charge >= 0.3 is 11.8 Å². The van der Waals surface area contributed by atoms with E-state index in [-0.39, 0.29) is 28.0 Å². The molecule has 50 heavy (non-hydrogen) atoms. The fourth-order valence-corrected chi connectivity index (χ4v) is 6.62. The van der Waals surface area contributed by atoms with Crippen molar-refractivity contribution < 1.29 is 58.2 Å². The standard InChI is InChI=1S/C37H45NO12/c1-16-11-10-12-17(2)36(46)38-23-15-24(40)26-27(32(23)44)31(43)21(6)34-28(26)35(45)37(8,50-34)48-14-13-25(47-9)18(3)33(49-22(7)39)20(5)30(42)19(4)29(16)41/h10-16,18-20,25,29-30,33,41-43H,1-9H3,(H,38,46)/b11-10+,14-13-,17-12-/t16-,18+,19-,20-,25+,29-,30-,33-,37-/m0/s1. The second-order valence-corrected chi connectivity index (χ2v) is 13.4. The average molecular weight is 696 g/mol. The number of aliphatic hydroxyl groups is 2. The highest BCUT2D eigenvalue weighted by Crippen LogP contribution is 2.47. The molecule has 1 amide bonds. The topological polar surface area (TPSA) is 195 Å². The van der Waals surface area contributed by atoms with Gasteiger partial charge in [0.15, 0.2) is 5.78 Å². The van der Waals surface area contributed by atoms with Crippen molar-refractivity contribution in [2.45, 2.75) is 85.6 Å². The number of phenols is 1. The lowest BCUT2D eigenvalue weighted by Crippen LogP contribution is -2.46. The first-order valence-electron chi connectivity index (χ1n) is 16.4. The van der Waals surface area contributed by atoms with Crippen LogP contribution in [0.5, 0.6) is 11.5 Å². The number of aliphatic hydroxyl groups excluding tert-OH is 2. The summed E-state index contributed by atoms with van der Waals surface area (Å²) in [5.74, 6) is -8.99. The number of methoxy groups -OCH3 is 1. The third-order valence-electron chi connectivity index (χ3n) is 9.80. The first kappa shape index (κ1) is 38.2. The van der Waals surface area contributed by atoms with Crippen LogP contribution >= 0.6 is 0 Å². The van der Waals surface area contributed by atoms with E-state index in [1.165, 1.54) is 47.0 Å². The Morgan fingerprint density at radius 1 is 0.940 bits per heavy atom. The number of aromatic hydroxyl groups is 1. The summed E-state index contributed by atoms with van der Waals surface area (Å²) in [6.45, 7) is 12.3. The van der Waals surface area contributed by atoms with Crippen molar-refractivity contribution in [2.24, 2.45) is 23.7 Å². The minimum atomic E-state index is -2.03. The molecule has 13 heteroatoms. The molecule has 0 spiro atoms. The van der Waals surface area contributed by atoms with Gasteiger partial charge in [0.05, 0.1) is 47.0 Å². The number of ketones is 3. The normalized spacial score (nSPS) is 34.5. The molecule has 3 heterocycles. The summed E-state index contributed by atoms with van der Waals surface area (Å²) >= 11 is 0. The third-order valence-corrected chi connectivity index (χ3v) is 9.80. The monoisotopic (exact) mass is 695 g/mol. The quantitative estimate of drug-likeness (QED) is 0.329. The maximum Gasteiger partial charge on any atom is 0.312 e. The highest BCUT2D eigenvalue weighted by molar-refractivity contribution is 6.30. The minimum absolute atomic E-state index is 0.00885. The van der Waals surface area contributed by atoms with Crippen LogP contribution in [0.1, 0.15) is 85.1 Å². The van der Waals surface area contributed by atoms with Gasteiger partial charge < -0.3 is 39.6 Å². The number of ether oxygens (including phenoxy) is 4. The van der Waals surface area contributed by atoms with Gasteiger partial charge in [-0.1, -0.05) is 45.9 Å². The van der Waals surface area contributed by atoms with Crippen LogP contribution in [-0.2, 0) is 23.8 Å². The smallest absolute Gasteiger partial charge is 0.312 e. The number of allylic oxidation sites excluding steroid dienone is 4. The van der Waals surface area contributed by atoms with E-state index < -0.39 is 100 Å². The van der Waals surface area contributed by atoms with Crippen LogP contribution in [0.2, 0.25) is 0 Å². The van der Waals surface area contributed by atoms with E-state index in [0.717, 1.165) is 12.3 Å². The Morgan fingerprint density at radius 2 is 1.60 bits per heavy atom. The minimum Gasteiger partial charge on any atom is -0.507 e. The molecule has 0 saturated carbocycles. The van der Waals surface area contributed by atoms with E-state index >= 15 is 0 Å². The van der Waals surface area contributed by atoms with Gasteiger partial charge in [0.1, 0.15) is 17.6 Å². The van der Waals surface area contributed by atoms with Gasteiger partial charge in [-0.15, -0.1) is 0 Å². The van der Waals surface area contributed by atoms with Crippen molar-refractivity contribution in [3.63, 3.8) is 0 Å². The Morgan fingerprint density at radius 3 is 2.22 bits per heavy atom. The molecule has 0 aromatic heterocycles. The van der Waals surface area contributed by atoms with Crippen LogP contribution < -0.4 is 10.1 Å². The van der Waals surface area contributed by atoms with Crippen LogP contribution in [0.15, 0.2) is 47.9 Å². The summed E-state index contributed by atoms with van der Waals surface area (Å²) in [6, 6.07) is 0. The first-order chi connectivity index (χ1) is 23.4. The van der Waals surface area contributed by atoms with Crippen molar-refractivity contribution in [3.05, 3.63) is 70.2 Å². The van der Waals surface area contributed by atoms with Crippen molar-refractivity contribution >= 4 is 29.2 Å². The van der Waals surface area contributed by atoms with Gasteiger partial charge in [-0.05, 0) is 19.9 Å². The van der Waals surface area contributed by atoms with Gasteiger partial charge in [0.25, 0.3) is 11.7 Å². The number of benzene rings is 1. The van der Waals surface area contributed by atoms with E-state index in [0.29, 0.717) is 0 Å². The molecular formula is C37H45NO12. The Bertz CT molecular complexity index is 1720. The maximum atomic E-state index is 13.9. The number of rotatable bonds is 2. The molecule has 4 N–H and O–H groups in total. The van der Waals surface area contributed by atoms with Crippen LogP contribution in [-0.4, -0.2) is 81.9 Å². The molecule has 3 aliphatic heterocycles. The molecule has 13 nitrogen and oxygen atoms in total. The van der Waals surface area contributed by atoms with Crippen molar-refractivity contribution in [1.82, 2.24) is 5.32 Å². The lowest BCUT2D eigenvalue weighted by atomic mass is 9.78. The summed E-state index contributed by atoms with van der Waals surface area (Å²) in [5.41, 5.74) is -1.31. The van der Waals surface area contributed by atoms with Gasteiger partial charge in [-0.2, -0.15) is 0 Å². The number of esters is 1. The molecule has 1 aromatic rings. The van der Waals surface area contributed by atoms with Crippen molar-refractivity contribution in [2.75, 3.05) is 7.11 Å². The van der Waals surface area contributed by atoms with Gasteiger partial charge in [0, 0.05) is 61.8 Å². The zero-order valence-electron chi connectivity index (χ0n) is 29.6. The lowest BCUT2D eigenvalue weighted by molar-refractivity contribution is -0.160. The van der Waals surface area contributed by atoms with Crippen LogP contribution in [0.3, 0.4) is 0 Å². The molecule has 270 valence electrons. The van der Waals surface area contributed by atoms with Gasteiger partial charge in [0.2, 0.25) is 5.78 Å². The van der Waals surface area contributed by atoms with Crippen molar-refractivity contribution in [1.29, 1.82) is 0 Å². The molecule has 5 rings (SSSR count). The molecule has 0 fully saturated rings. The van der Waals surface area contributed by atoms with Crippen LogP contribution in [0.25, 0.3) is 0 Å². The van der Waals surface area contributed by atoms with Crippen LogP contribution in [0.4, 0.5) is 0 Å². The van der Waals surface area contributed by atoms with Gasteiger partial charge in [-0.3, -0.25) is 24.0 Å². The first-order valence-corrected chi connectivity index (χ1v) is 16.4. The maximum absolute atomic E-state index is 13.9. The number of Topliss-reactive ketones (excluding diaryl/α,β-unsaturated/α-hetero) is 2. The molecule has 5 bridgehead atoms. The average Bonchev–Trinajstić information content (AvgIpc) is 3.33. The Balaban J connectivity index is 1.83. The Kier molecular flexibility index (Phi) is 11.2. The molecule has 9 atom stereocenters. The molecule has 0 radical (unpaired) electrons. The molecule has 4 aliphatic rings. The summed E-state index contributed by atoms with van der Waals surface area (Å²) < 4.78 is 23.1. The van der Waals surface area contributed by atoms with Crippen LogP contribution in [0, 0.1) is 30.6 Å². The number of phenolic OH excluding ortho intramolecular Hbond substituents is 1. The molecule has 0 saturated heterocycles. The number of fused-ring (bicyclic) bond motifs is 14. The second-order valence-electron chi connectivity index (χ2n) is 13.4. The highest BCUT2D eigenvalue weighted by atomic mass is 16.7. The SMILES string of the molecule is CO[C@@H]1/C=C\O[C@@]2(C)Oc3c(C)c(O)c4c(c3C2=O)C(=O)C=C(NC(=O)/C(C)=C\C=C\[C@H](C)[C@H](O)[C@H](C)[C@H](O)[C@H](C)[C@@H](OC(C)=O)[C@@H]1C)C4=O. The van der Waals surface area contributed by atoms with Crippen molar-refractivity contribution in [3.8, 4) is 11.5 Å². The predicted molar refractivity (Wildman–Crippen MR) is 179 cm³/mol. The number of hydrogen-bond donors (Lipinski definition) is 4. The fraction of sp³-hybridized carbons (Fsp3) is 0.486. The number of amides is 1. The van der Waals surface area contributed by atoms with E-state index in [4.69, 9.17) is 18.9 Å². The summed E-state index contributed by atoms with van der Waals surface area (Å²) in [5, 5.41) is 36.1. The predicted octanol–water partition coefficient (Wildman–Crippen LogP) is 3.63. The molecular weight excluding hydrogens is 650 g/mol. The largest absolute Gasteiger partial charge is 0.507 e. The van der Waals surface area contributed by atoms with E-state index in [1.807, 2.05) is 0 Å². The summed E-state index contributed by atoms with van der Waals surface area (Å²) in [7, 11) is 1.42. The fourth-order valence-electron chi connectivity index (χ4n) is 6.62. The number of hydrogen-bond acceptors (Lipinski definition) is 12. The van der Waals surface area contributed by atoms with E-state index in [9.17, 15) is 39.3 Å². The summed E-state index contributed by atoms with van der Waals surface area (Å²) in [4.78, 5) is 66.2. The Hall–Kier alpha value is -4.59. The zero-order valence-corrected chi connectivity index (χ0v) is 29.6. The second kappa shape index (κ2) is 14.7. The van der Waals surface area contributed by atoms with E-state index in [2.05, 4.69) is 5.32 Å². The summed E-state index contributed by atoms with van der Waals surface area (Å²) in [6.07, 6.45) is 4.31. The highest BCUT2D eigenvalue weighted by Gasteiger charge is 2.51. The molecule has 1 aromatic carbocycles. The zero-order chi connectivity index (χ0) is 37.4. The molecule has 1 aliphatic carbocycles.